The zero-order valence-corrected chi connectivity index (χ0v) is 8.61. The molecule has 0 spiro atoms. The Morgan fingerprint density at radius 1 is 1.53 bits per heavy atom. The molecule has 0 aliphatic rings. The maximum atomic E-state index is 11.4. The Hall–Kier alpha value is -1.33. The van der Waals surface area contributed by atoms with Gasteiger partial charge in [0.1, 0.15) is 6.04 Å². The largest absolute Gasteiger partial charge is 0.408 e. The summed E-state index contributed by atoms with van der Waals surface area (Å²) in [4.78, 5) is 14.2. The monoisotopic (exact) mass is 211 g/mol. The van der Waals surface area contributed by atoms with Crippen LogP contribution in [0.5, 0.6) is 5.88 Å². The highest BCUT2D eigenvalue weighted by molar-refractivity contribution is 5.77. The summed E-state index contributed by atoms with van der Waals surface area (Å²) < 4.78 is 5.00. The number of carbonyl (C=O) groups is 1. The lowest BCUT2D eigenvalue weighted by Gasteiger charge is -2.09. The predicted octanol–water partition coefficient (Wildman–Crippen LogP) is 0.376. The number of hydrogen-bond acceptors (Lipinski definition) is 4. The molecule has 15 heavy (non-hydrogen) atoms. The van der Waals surface area contributed by atoms with Gasteiger partial charge in [0.05, 0.1) is 0 Å². The van der Waals surface area contributed by atoms with Gasteiger partial charge in [-0.15, -0.1) is 0 Å². The molecule has 5 nitrogen and oxygen atoms in total. The topological polar surface area (TPSA) is 94.1 Å². The molecule has 5 heteroatoms. The smallest absolute Gasteiger partial charge is 0.329 e. The van der Waals surface area contributed by atoms with Gasteiger partial charge in [-0.1, -0.05) is 6.42 Å². The van der Waals surface area contributed by atoms with Crippen molar-refractivity contribution < 1.29 is 9.53 Å². The number of rotatable bonds is 6. The summed E-state index contributed by atoms with van der Waals surface area (Å²) in [5, 5.41) is 0. The number of esters is 1. The van der Waals surface area contributed by atoms with E-state index in [1.165, 1.54) is 0 Å². The number of aromatic nitrogens is 1. The zero-order valence-electron chi connectivity index (χ0n) is 8.61. The third-order valence-corrected chi connectivity index (χ3v) is 2.05. The molecule has 1 atom stereocenters. The van der Waals surface area contributed by atoms with Gasteiger partial charge in [-0.2, -0.15) is 0 Å². The zero-order chi connectivity index (χ0) is 11.1. The SMILES string of the molecule is NCCCC[C@H](N)C(=O)Oc1ccc[nH]1. The molecule has 0 radical (unpaired) electrons. The summed E-state index contributed by atoms with van der Waals surface area (Å²) in [7, 11) is 0. The lowest BCUT2D eigenvalue weighted by atomic mass is 10.1. The van der Waals surface area contributed by atoms with Crippen molar-refractivity contribution in [2.45, 2.75) is 25.3 Å². The highest BCUT2D eigenvalue weighted by Gasteiger charge is 2.15. The molecule has 0 unspecified atom stereocenters. The van der Waals surface area contributed by atoms with Crippen molar-refractivity contribution in [3.8, 4) is 5.88 Å². The average Bonchev–Trinajstić information content (AvgIpc) is 2.70. The van der Waals surface area contributed by atoms with Crippen molar-refractivity contribution in [2.24, 2.45) is 11.5 Å². The van der Waals surface area contributed by atoms with Crippen LogP contribution in [0.25, 0.3) is 0 Å². The second-order valence-corrected chi connectivity index (χ2v) is 3.35. The first-order valence-electron chi connectivity index (χ1n) is 5.04. The van der Waals surface area contributed by atoms with Gasteiger partial charge in [0.15, 0.2) is 0 Å². The van der Waals surface area contributed by atoms with Gasteiger partial charge in [0.25, 0.3) is 0 Å². The molecule has 0 amide bonds. The highest BCUT2D eigenvalue weighted by Crippen LogP contribution is 2.07. The standard InChI is InChI=1S/C10H17N3O2/c11-6-2-1-4-8(12)10(14)15-9-5-3-7-13-9/h3,5,7-8,13H,1-2,4,6,11-12H2/t8-/m0/s1. The van der Waals surface area contributed by atoms with Gasteiger partial charge in [0, 0.05) is 12.3 Å². The van der Waals surface area contributed by atoms with E-state index in [4.69, 9.17) is 16.2 Å². The molecule has 84 valence electrons. The summed E-state index contributed by atoms with van der Waals surface area (Å²) >= 11 is 0. The van der Waals surface area contributed by atoms with Crippen LogP contribution in [0.2, 0.25) is 0 Å². The minimum absolute atomic E-state index is 0.408. The fourth-order valence-electron chi connectivity index (χ4n) is 1.19. The van der Waals surface area contributed by atoms with E-state index in [0.29, 0.717) is 18.8 Å². The van der Waals surface area contributed by atoms with Crippen molar-refractivity contribution in [3.05, 3.63) is 18.3 Å². The van der Waals surface area contributed by atoms with Gasteiger partial charge < -0.3 is 21.2 Å². The van der Waals surface area contributed by atoms with E-state index >= 15 is 0 Å². The van der Waals surface area contributed by atoms with Gasteiger partial charge in [-0.25, -0.2) is 4.79 Å². The van der Waals surface area contributed by atoms with E-state index in [2.05, 4.69) is 4.98 Å². The van der Waals surface area contributed by atoms with Crippen molar-refractivity contribution in [2.75, 3.05) is 6.54 Å². The molecule has 5 N–H and O–H groups in total. The molecule has 1 heterocycles. The van der Waals surface area contributed by atoms with Crippen LogP contribution >= 0.6 is 0 Å². The lowest BCUT2D eigenvalue weighted by molar-refractivity contribution is -0.136. The second kappa shape index (κ2) is 6.21. The molecule has 1 aromatic heterocycles. The predicted molar refractivity (Wildman–Crippen MR) is 57.3 cm³/mol. The van der Waals surface area contributed by atoms with Crippen LogP contribution in [-0.2, 0) is 4.79 Å². The van der Waals surface area contributed by atoms with Crippen LogP contribution in [0.1, 0.15) is 19.3 Å². The molecule has 0 aliphatic heterocycles. The van der Waals surface area contributed by atoms with Crippen LogP contribution in [0.15, 0.2) is 18.3 Å². The number of nitrogens with one attached hydrogen (secondary N) is 1. The average molecular weight is 211 g/mol. The molecule has 0 bridgehead atoms. The number of aromatic amines is 1. The Morgan fingerprint density at radius 2 is 2.33 bits per heavy atom. The molecule has 0 aliphatic carbocycles. The Morgan fingerprint density at radius 3 is 2.93 bits per heavy atom. The van der Waals surface area contributed by atoms with Gasteiger partial charge in [-0.3, -0.25) is 0 Å². The first kappa shape index (κ1) is 11.7. The van der Waals surface area contributed by atoms with E-state index < -0.39 is 12.0 Å². The van der Waals surface area contributed by atoms with Crippen molar-refractivity contribution in [1.82, 2.24) is 4.98 Å². The third kappa shape index (κ3) is 4.14. The number of hydrogen-bond donors (Lipinski definition) is 3. The van der Waals surface area contributed by atoms with E-state index in [1.807, 2.05) is 0 Å². The summed E-state index contributed by atoms with van der Waals surface area (Å²) in [6.07, 6.45) is 4.01. The van der Waals surface area contributed by atoms with Crippen LogP contribution in [0, 0.1) is 0 Å². The lowest BCUT2D eigenvalue weighted by Crippen LogP contribution is -2.34. The second-order valence-electron chi connectivity index (χ2n) is 3.35. The summed E-state index contributed by atoms with van der Waals surface area (Å²) in [6, 6.07) is 2.85. The minimum atomic E-state index is -0.570. The molecule has 0 fully saturated rings. The number of nitrogens with two attached hydrogens (primary N) is 2. The normalized spacial score (nSPS) is 12.4. The first-order valence-corrected chi connectivity index (χ1v) is 5.04. The maximum Gasteiger partial charge on any atom is 0.329 e. The molecule has 1 rings (SSSR count). The minimum Gasteiger partial charge on any atom is -0.408 e. The molecular weight excluding hydrogens is 194 g/mol. The third-order valence-electron chi connectivity index (χ3n) is 2.05. The van der Waals surface area contributed by atoms with Crippen molar-refractivity contribution in [3.63, 3.8) is 0 Å². The highest BCUT2D eigenvalue weighted by atomic mass is 16.5. The fourth-order valence-corrected chi connectivity index (χ4v) is 1.19. The molecular formula is C10H17N3O2. The van der Waals surface area contributed by atoms with Crippen molar-refractivity contribution in [1.29, 1.82) is 0 Å². The molecule has 0 saturated heterocycles. The Labute approximate surface area is 88.8 Å². The Kier molecular flexibility index (Phi) is 4.86. The summed E-state index contributed by atoms with van der Waals surface area (Å²) in [6.45, 7) is 0.623. The van der Waals surface area contributed by atoms with Crippen LogP contribution < -0.4 is 16.2 Å². The van der Waals surface area contributed by atoms with Crippen molar-refractivity contribution >= 4 is 5.97 Å². The maximum absolute atomic E-state index is 11.4. The Bertz CT molecular complexity index is 285. The van der Waals surface area contributed by atoms with E-state index in [-0.39, 0.29) is 0 Å². The van der Waals surface area contributed by atoms with E-state index in [0.717, 1.165) is 12.8 Å². The number of unbranched alkanes of at least 4 members (excludes halogenated alkanes) is 1. The van der Waals surface area contributed by atoms with Crippen LogP contribution in [-0.4, -0.2) is 23.5 Å². The van der Waals surface area contributed by atoms with E-state index in [1.54, 1.807) is 18.3 Å². The van der Waals surface area contributed by atoms with Gasteiger partial charge >= 0.3 is 5.97 Å². The first-order chi connectivity index (χ1) is 7.24. The van der Waals surface area contributed by atoms with E-state index in [9.17, 15) is 4.79 Å². The quantitative estimate of drug-likeness (QED) is 0.468. The van der Waals surface area contributed by atoms with Crippen LogP contribution in [0.3, 0.4) is 0 Å². The van der Waals surface area contributed by atoms with Gasteiger partial charge in [0.2, 0.25) is 5.88 Å². The van der Waals surface area contributed by atoms with Gasteiger partial charge in [-0.05, 0) is 25.5 Å². The fraction of sp³-hybridized carbons (Fsp3) is 0.500. The number of H-pyrrole nitrogens is 1. The number of ether oxygens (including phenoxy) is 1. The molecule has 0 saturated carbocycles. The molecule has 0 aromatic carbocycles. The summed E-state index contributed by atoms with van der Waals surface area (Å²) in [5.41, 5.74) is 11.0. The molecule has 1 aromatic rings. The summed E-state index contributed by atoms with van der Waals surface area (Å²) in [5.74, 6) is 0.0174. The number of carbonyl (C=O) groups excluding carboxylic acids is 1. The Balaban J connectivity index is 2.27. The van der Waals surface area contributed by atoms with Crippen LogP contribution in [0.4, 0.5) is 0 Å².